The highest BCUT2D eigenvalue weighted by Crippen LogP contribution is 2.35. The van der Waals surface area contributed by atoms with Crippen LogP contribution in [0.2, 0.25) is 0 Å². The molecule has 9 nitrogen and oxygen atoms in total. The first kappa shape index (κ1) is 24.0. The molecule has 1 aromatic carbocycles. The lowest BCUT2D eigenvalue weighted by atomic mass is 10.1. The quantitative estimate of drug-likeness (QED) is 0.430. The van der Waals surface area contributed by atoms with Crippen LogP contribution in [0.1, 0.15) is 32.8 Å². The predicted octanol–water partition coefficient (Wildman–Crippen LogP) is 3.65. The minimum absolute atomic E-state index is 0.115. The number of hydrogen-bond acceptors (Lipinski definition) is 6. The number of amides is 2. The first-order valence-electron chi connectivity index (χ1n) is 11.2. The Kier molecular flexibility index (Phi) is 6.05. The summed E-state index contributed by atoms with van der Waals surface area (Å²) in [7, 11) is 1.72. The van der Waals surface area contributed by atoms with Gasteiger partial charge in [0.25, 0.3) is 11.8 Å². The number of benzene rings is 1. The molecule has 2 amide bonds. The standard InChI is InChI=1S/C24H22ClF2N5O4/c1-31-11-14-9-19(30-20(14)23(31)35)18-8-13(10-28-21(18)32-7-6-16(33)12-32)22(34)29-15-2-4-17(5-3-15)36-24(25,26)27/h2-5,8-10,16,30,33H,6-7,11-12H2,1H3,(H,29,34)/t16-/m1/s1. The highest BCUT2D eigenvalue weighted by atomic mass is 35.5. The maximum Gasteiger partial charge on any atom is 0.487 e. The number of aliphatic hydroxyl groups excluding tert-OH is 1. The number of fused-ring (bicyclic) bond motifs is 1. The van der Waals surface area contributed by atoms with Gasteiger partial charge in [-0.3, -0.25) is 9.59 Å². The highest BCUT2D eigenvalue weighted by Gasteiger charge is 2.30. The molecule has 3 aromatic rings. The van der Waals surface area contributed by atoms with E-state index in [0.29, 0.717) is 54.5 Å². The molecular formula is C24H22ClF2N5O4. The topological polar surface area (TPSA) is 111 Å². The zero-order valence-electron chi connectivity index (χ0n) is 19.1. The predicted molar refractivity (Wildman–Crippen MR) is 128 cm³/mol. The van der Waals surface area contributed by atoms with Gasteiger partial charge in [0.1, 0.15) is 17.3 Å². The van der Waals surface area contributed by atoms with Crippen LogP contribution in [0.25, 0.3) is 11.3 Å². The van der Waals surface area contributed by atoms with Crippen LogP contribution in [0.15, 0.2) is 42.6 Å². The van der Waals surface area contributed by atoms with Crippen molar-refractivity contribution in [1.82, 2.24) is 14.9 Å². The summed E-state index contributed by atoms with van der Waals surface area (Å²) >= 11 is 4.77. The van der Waals surface area contributed by atoms with Gasteiger partial charge in [-0.25, -0.2) is 4.98 Å². The van der Waals surface area contributed by atoms with Crippen molar-refractivity contribution in [2.75, 3.05) is 30.4 Å². The average molecular weight is 518 g/mol. The lowest BCUT2D eigenvalue weighted by molar-refractivity contribution is -0.0964. The van der Waals surface area contributed by atoms with Crippen molar-refractivity contribution in [3.05, 3.63) is 59.4 Å². The van der Waals surface area contributed by atoms with Crippen LogP contribution in [-0.4, -0.2) is 63.6 Å². The van der Waals surface area contributed by atoms with E-state index in [1.165, 1.54) is 30.5 Å². The summed E-state index contributed by atoms with van der Waals surface area (Å²) in [5.41, 5.74) is -0.620. The normalized spacial score (nSPS) is 17.5. The summed E-state index contributed by atoms with van der Waals surface area (Å²) in [6.45, 7) is 1.49. The van der Waals surface area contributed by atoms with Gasteiger partial charge in [0, 0.05) is 61.3 Å². The van der Waals surface area contributed by atoms with Gasteiger partial charge in [-0.1, -0.05) is 0 Å². The van der Waals surface area contributed by atoms with E-state index < -0.39 is 17.6 Å². The number of alkyl halides is 3. The monoisotopic (exact) mass is 517 g/mol. The first-order chi connectivity index (χ1) is 17.1. The van der Waals surface area contributed by atoms with E-state index in [0.717, 1.165) is 5.56 Å². The van der Waals surface area contributed by atoms with Gasteiger partial charge in [-0.05, 0) is 42.8 Å². The van der Waals surface area contributed by atoms with Gasteiger partial charge in [-0.2, -0.15) is 0 Å². The van der Waals surface area contributed by atoms with Gasteiger partial charge in [0.2, 0.25) is 0 Å². The third-order valence-corrected chi connectivity index (χ3v) is 6.17. The summed E-state index contributed by atoms with van der Waals surface area (Å²) < 4.78 is 29.9. The smallest absolute Gasteiger partial charge is 0.420 e. The zero-order chi connectivity index (χ0) is 25.6. The fourth-order valence-electron chi connectivity index (χ4n) is 4.39. The van der Waals surface area contributed by atoms with Gasteiger partial charge in [-0.15, -0.1) is 8.78 Å². The molecule has 0 saturated carbocycles. The van der Waals surface area contributed by atoms with Crippen LogP contribution in [-0.2, 0) is 6.54 Å². The number of nitrogens with zero attached hydrogens (tertiary/aromatic N) is 3. The number of aromatic amines is 1. The number of anilines is 2. The summed E-state index contributed by atoms with van der Waals surface area (Å²) in [5, 5.41) is 12.7. The lowest BCUT2D eigenvalue weighted by Crippen LogP contribution is -2.23. The van der Waals surface area contributed by atoms with E-state index >= 15 is 0 Å². The maximum atomic E-state index is 13.0. The SMILES string of the molecule is CN1Cc2cc(-c3cc(C(=O)Nc4ccc(OC(F)(F)Cl)cc4)cnc3N3CC[C@@H](O)C3)[nH]c2C1=O. The number of hydrogen-bond donors (Lipinski definition) is 3. The fraction of sp³-hybridized carbons (Fsp3) is 0.292. The summed E-state index contributed by atoms with van der Waals surface area (Å²) in [4.78, 5) is 36.6. The van der Waals surface area contributed by atoms with Crippen LogP contribution in [0.4, 0.5) is 20.3 Å². The van der Waals surface area contributed by atoms with Crippen molar-refractivity contribution < 1.29 is 28.2 Å². The van der Waals surface area contributed by atoms with Gasteiger partial charge in [0.15, 0.2) is 0 Å². The molecule has 2 aromatic heterocycles. The molecule has 0 spiro atoms. The number of aliphatic hydroxyl groups is 1. The molecule has 1 atom stereocenters. The van der Waals surface area contributed by atoms with Crippen molar-refractivity contribution in [3.63, 3.8) is 0 Å². The molecule has 0 bridgehead atoms. The number of H-pyrrole nitrogens is 1. The molecule has 12 heteroatoms. The average Bonchev–Trinajstić information content (AvgIpc) is 3.50. The molecular weight excluding hydrogens is 496 g/mol. The fourth-order valence-corrected chi connectivity index (χ4v) is 4.47. The minimum atomic E-state index is -3.84. The third-order valence-electron chi connectivity index (χ3n) is 6.10. The number of rotatable bonds is 6. The van der Waals surface area contributed by atoms with Gasteiger partial charge in [0.05, 0.1) is 17.4 Å². The summed E-state index contributed by atoms with van der Waals surface area (Å²) in [5.74, 6) is -0.153. The number of β-amino-alcohol motifs (C(OH)–C–C–N with tert-alkyl or cyclic N) is 1. The Labute approximate surface area is 209 Å². The van der Waals surface area contributed by atoms with Crippen molar-refractivity contribution >= 4 is 34.9 Å². The molecule has 188 valence electrons. The number of aromatic nitrogens is 2. The highest BCUT2D eigenvalue weighted by molar-refractivity contribution is 6.20. The van der Waals surface area contributed by atoms with E-state index in [4.69, 9.17) is 11.6 Å². The van der Waals surface area contributed by atoms with Crippen LogP contribution < -0.4 is 15.0 Å². The zero-order valence-corrected chi connectivity index (χ0v) is 19.9. The summed E-state index contributed by atoms with van der Waals surface area (Å²) in [6.07, 6.45) is 1.56. The Bertz CT molecular complexity index is 1330. The Morgan fingerprint density at radius 2 is 2.06 bits per heavy atom. The molecule has 4 heterocycles. The van der Waals surface area contributed by atoms with Crippen molar-refractivity contribution in [1.29, 1.82) is 0 Å². The molecule has 36 heavy (non-hydrogen) atoms. The van der Waals surface area contributed by atoms with Crippen LogP contribution in [0.5, 0.6) is 5.75 Å². The van der Waals surface area contributed by atoms with Crippen LogP contribution >= 0.6 is 11.6 Å². The molecule has 2 aliphatic heterocycles. The van der Waals surface area contributed by atoms with Crippen LogP contribution in [0.3, 0.4) is 0 Å². The molecule has 3 N–H and O–H groups in total. The van der Waals surface area contributed by atoms with Crippen LogP contribution in [0, 0.1) is 0 Å². The second-order valence-corrected chi connectivity index (χ2v) is 9.19. The molecule has 1 saturated heterocycles. The second-order valence-electron chi connectivity index (χ2n) is 8.75. The lowest BCUT2D eigenvalue weighted by Gasteiger charge is -2.20. The van der Waals surface area contributed by atoms with E-state index in [-0.39, 0.29) is 17.2 Å². The third kappa shape index (κ3) is 4.84. The Morgan fingerprint density at radius 3 is 2.69 bits per heavy atom. The number of pyridine rings is 1. The van der Waals surface area contributed by atoms with E-state index in [9.17, 15) is 23.5 Å². The van der Waals surface area contributed by atoms with Crippen molar-refractivity contribution in [3.8, 4) is 17.0 Å². The molecule has 5 rings (SSSR count). The Morgan fingerprint density at radius 1 is 1.31 bits per heavy atom. The van der Waals surface area contributed by atoms with Crippen molar-refractivity contribution in [2.24, 2.45) is 0 Å². The minimum Gasteiger partial charge on any atom is -0.420 e. The number of carbonyl (C=O) groups excluding carboxylic acids is 2. The van der Waals surface area contributed by atoms with Gasteiger partial charge >= 0.3 is 5.57 Å². The van der Waals surface area contributed by atoms with Gasteiger partial charge < -0.3 is 29.9 Å². The Hall–Kier alpha value is -3.70. The number of ether oxygens (including phenoxy) is 1. The number of carbonyl (C=O) groups is 2. The number of halogens is 3. The number of nitrogens with one attached hydrogen (secondary N) is 2. The first-order valence-corrected chi connectivity index (χ1v) is 11.5. The molecule has 1 fully saturated rings. The van der Waals surface area contributed by atoms with E-state index in [1.54, 1.807) is 18.0 Å². The Balaban J connectivity index is 1.43. The summed E-state index contributed by atoms with van der Waals surface area (Å²) in [6, 6.07) is 8.86. The van der Waals surface area contributed by atoms with E-state index in [2.05, 4.69) is 20.0 Å². The molecule has 0 unspecified atom stereocenters. The van der Waals surface area contributed by atoms with Crippen molar-refractivity contribution in [2.45, 2.75) is 24.6 Å². The van der Waals surface area contributed by atoms with E-state index in [1.807, 2.05) is 11.0 Å². The largest absolute Gasteiger partial charge is 0.487 e. The molecule has 0 aliphatic carbocycles. The maximum absolute atomic E-state index is 13.0. The molecule has 0 radical (unpaired) electrons. The molecule has 2 aliphatic rings. The second kappa shape index (κ2) is 9.07.